The minimum Gasteiger partial charge on any atom is -0.465 e. The zero-order chi connectivity index (χ0) is 9.14. The predicted molar refractivity (Wildman–Crippen MR) is 40.7 cm³/mol. The van der Waals surface area contributed by atoms with Gasteiger partial charge in [0.1, 0.15) is 5.56 Å². The molecule has 1 aromatic rings. The van der Waals surface area contributed by atoms with Crippen LogP contribution in [0.15, 0.2) is 4.52 Å². The highest BCUT2D eigenvalue weighted by Gasteiger charge is 2.20. The van der Waals surface area contributed by atoms with Gasteiger partial charge in [0.25, 0.3) is 0 Å². The number of hydrogen-bond donors (Lipinski definition) is 1. The van der Waals surface area contributed by atoms with Gasteiger partial charge in [0, 0.05) is 0 Å². The van der Waals surface area contributed by atoms with Gasteiger partial charge in [0.15, 0.2) is 10.9 Å². The molecule has 0 radical (unpaired) electrons. The lowest BCUT2D eigenvalue weighted by Gasteiger charge is -1.95. The Morgan fingerprint density at radius 1 is 1.83 bits per heavy atom. The molecule has 0 aliphatic carbocycles. The lowest BCUT2D eigenvalue weighted by atomic mass is 10.2. The van der Waals surface area contributed by atoms with E-state index in [1.807, 2.05) is 0 Å². The summed E-state index contributed by atoms with van der Waals surface area (Å²) in [7, 11) is 1.24. The van der Waals surface area contributed by atoms with Crippen LogP contribution in [-0.4, -0.2) is 18.2 Å². The highest BCUT2D eigenvalue weighted by molar-refractivity contribution is 6.32. The topological polar surface area (TPSA) is 78.3 Å². The molecule has 2 N–H and O–H groups in total. The van der Waals surface area contributed by atoms with Crippen LogP contribution in [0.1, 0.15) is 16.1 Å². The van der Waals surface area contributed by atoms with E-state index in [0.717, 1.165) is 0 Å². The van der Waals surface area contributed by atoms with E-state index in [2.05, 4.69) is 14.4 Å². The molecule has 1 aromatic heterocycles. The maximum atomic E-state index is 11.0. The summed E-state index contributed by atoms with van der Waals surface area (Å²) in [6.07, 6.45) is 0. The van der Waals surface area contributed by atoms with E-state index >= 15 is 0 Å². The standard InChI is InChI=1S/C6H7ClN2O3/c1-11-6(10)4-3(2-8)12-9-5(4)7/h2,8H2,1H3. The van der Waals surface area contributed by atoms with Gasteiger partial charge in [-0.3, -0.25) is 0 Å². The van der Waals surface area contributed by atoms with Crippen molar-refractivity contribution in [2.24, 2.45) is 5.73 Å². The van der Waals surface area contributed by atoms with Crippen molar-refractivity contribution >= 4 is 17.6 Å². The Morgan fingerprint density at radius 2 is 2.50 bits per heavy atom. The number of halogens is 1. The van der Waals surface area contributed by atoms with Crippen LogP contribution >= 0.6 is 11.6 Å². The largest absolute Gasteiger partial charge is 0.465 e. The molecule has 0 saturated carbocycles. The third-order valence-electron chi connectivity index (χ3n) is 1.30. The fraction of sp³-hybridized carbons (Fsp3) is 0.333. The summed E-state index contributed by atoms with van der Waals surface area (Å²) in [5, 5.41) is 3.34. The van der Waals surface area contributed by atoms with Crippen LogP contribution in [0, 0.1) is 0 Å². The first kappa shape index (κ1) is 9.02. The number of nitrogens with two attached hydrogens (primary N) is 1. The number of esters is 1. The molecule has 66 valence electrons. The van der Waals surface area contributed by atoms with Gasteiger partial charge >= 0.3 is 5.97 Å². The second kappa shape index (κ2) is 3.55. The number of hydrogen-bond acceptors (Lipinski definition) is 5. The summed E-state index contributed by atoms with van der Waals surface area (Å²) in [5.41, 5.74) is 5.36. The van der Waals surface area contributed by atoms with Gasteiger partial charge in [-0.05, 0) is 0 Å². The third-order valence-corrected chi connectivity index (χ3v) is 1.55. The quantitative estimate of drug-likeness (QED) is 0.690. The van der Waals surface area contributed by atoms with Crippen molar-refractivity contribution in [1.82, 2.24) is 5.16 Å². The molecule has 6 heteroatoms. The van der Waals surface area contributed by atoms with Crippen molar-refractivity contribution in [3.05, 3.63) is 16.5 Å². The Bertz CT molecular complexity index is 297. The van der Waals surface area contributed by atoms with E-state index in [4.69, 9.17) is 17.3 Å². The Hall–Kier alpha value is -1.07. The van der Waals surface area contributed by atoms with Crippen molar-refractivity contribution in [3.8, 4) is 0 Å². The monoisotopic (exact) mass is 190 g/mol. The van der Waals surface area contributed by atoms with Crippen LogP contribution < -0.4 is 5.73 Å². The molecule has 0 aliphatic rings. The predicted octanol–water partition coefficient (Wildman–Crippen LogP) is 0.573. The van der Waals surface area contributed by atoms with Crippen molar-refractivity contribution in [2.45, 2.75) is 6.54 Å². The second-order valence-corrected chi connectivity index (χ2v) is 2.33. The second-order valence-electron chi connectivity index (χ2n) is 1.97. The van der Waals surface area contributed by atoms with E-state index in [1.54, 1.807) is 0 Å². The molecule has 5 nitrogen and oxygen atoms in total. The third kappa shape index (κ3) is 1.41. The van der Waals surface area contributed by atoms with Crippen LogP contribution in [0.4, 0.5) is 0 Å². The number of nitrogens with zero attached hydrogens (tertiary/aromatic N) is 1. The first-order valence-corrected chi connectivity index (χ1v) is 3.51. The smallest absolute Gasteiger partial charge is 0.344 e. The van der Waals surface area contributed by atoms with Gasteiger partial charge < -0.3 is 15.0 Å². The van der Waals surface area contributed by atoms with Gasteiger partial charge in [-0.1, -0.05) is 16.8 Å². The highest BCUT2D eigenvalue weighted by atomic mass is 35.5. The number of carbonyl (C=O) groups is 1. The number of ether oxygens (including phenoxy) is 1. The van der Waals surface area contributed by atoms with Crippen LogP contribution in [0.25, 0.3) is 0 Å². The van der Waals surface area contributed by atoms with E-state index in [9.17, 15) is 4.79 Å². The Kier molecular flexibility index (Phi) is 2.67. The Labute approximate surface area is 73.4 Å². The molecule has 0 spiro atoms. The highest BCUT2D eigenvalue weighted by Crippen LogP contribution is 2.19. The summed E-state index contributed by atoms with van der Waals surface area (Å²) in [4.78, 5) is 11.0. The summed E-state index contributed by atoms with van der Waals surface area (Å²) in [6.45, 7) is 0.0597. The molecular weight excluding hydrogens is 184 g/mol. The number of rotatable bonds is 2. The van der Waals surface area contributed by atoms with Crippen LogP contribution in [0.3, 0.4) is 0 Å². The molecule has 0 fully saturated rings. The summed E-state index contributed by atoms with van der Waals surface area (Å²) >= 11 is 5.54. The molecule has 0 aliphatic heterocycles. The molecule has 0 amide bonds. The minimum atomic E-state index is -0.596. The zero-order valence-electron chi connectivity index (χ0n) is 6.33. The van der Waals surface area contributed by atoms with Gasteiger partial charge in [-0.25, -0.2) is 4.79 Å². The van der Waals surface area contributed by atoms with Gasteiger partial charge in [-0.15, -0.1) is 0 Å². The normalized spacial score (nSPS) is 9.92. The molecule has 0 saturated heterocycles. The lowest BCUT2D eigenvalue weighted by molar-refractivity contribution is 0.0598. The number of carbonyl (C=O) groups excluding carboxylic acids is 1. The molecule has 0 bridgehead atoms. The summed E-state index contributed by atoms with van der Waals surface area (Å²) < 4.78 is 9.10. The van der Waals surface area contributed by atoms with Gasteiger partial charge in [0.05, 0.1) is 13.7 Å². The molecule has 1 heterocycles. The SMILES string of the molecule is COC(=O)c1c(Cl)noc1CN. The summed E-state index contributed by atoms with van der Waals surface area (Å²) in [5.74, 6) is -0.367. The van der Waals surface area contributed by atoms with E-state index < -0.39 is 5.97 Å². The number of methoxy groups -OCH3 is 1. The molecule has 0 unspecified atom stereocenters. The summed E-state index contributed by atoms with van der Waals surface area (Å²) in [6, 6.07) is 0. The minimum absolute atomic E-state index is 0.0256. The van der Waals surface area contributed by atoms with Crippen molar-refractivity contribution in [3.63, 3.8) is 0 Å². The first-order chi connectivity index (χ1) is 5.70. The van der Waals surface area contributed by atoms with Crippen molar-refractivity contribution < 1.29 is 14.1 Å². The Balaban J connectivity index is 3.10. The van der Waals surface area contributed by atoms with E-state index in [0.29, 0.717) is 0 Å². The van der Waals surface area contributed by atoms with Crippen LogP contribution in [0.2, 0.25) is 5.15 Å². The maximum absolute atomic E-state index is 11.0. The average molecular weight is 191 g/mol. The Morgan fingerprint density at radius 3 is 3.00 bits per heavy atom. The van der Waals surface area contributed by atoms with E-state index in [1.165, 1.54) is 7.11 Å². The van der Waals surface area contributed by atoms with Crippen molar-refractivity contribution in [1.29, 1.82) is 0 Å². The number of aromatic nitrogens is 1. The molecule has 12 heavy (non-hydrogen) atoms. The fourth-order valence-corrected chi connectivity index (χ4v) is 0.958. The van der Waals surface area contributed by atoms with Crippen molar-refractivity contribution in [2.75, 3.05) is 7.11 Å². The van der Waals surface area contributed by atoms with Gasteiger partial charge in [-0.2, -0.15) is 0 Å². The average Bonchev–Trinajstić information content (AvgIpc) is 2.45. The van der Waals surface area contributed by atoms with Crippen LogP contribution in [0.5, 0.6) is 0 Å². The van der Waals surface area contributed by atoms with Gasteiger partial charge in [0.2, 0.25) is 0 Å². The lowest BCUT2D eigenvalue weighted by Crippen LogP contribution is -2.06. The fourth-order valence-electron chi connectivity index (χ4n) is 0.741. The maximum Gasteiger partial charge on any atom is 0.344 e. The zero-order valence-corrected chi connectivity index (χ0v) is 7.09. The molecule has 1 rings (SSSR count). The molecule has 0 aromatic carbocycles. The molecule has 0 atom stereocenters. The molecular formula is C6H7ClN2O3. The van der Waals surface area contributed by atoms with E-state index in [-0.39, 0.29) is 23.0 Å². The van der Waals surface area contributed by atoms with Crippen LogP contribution in [-0.2, 0) is 11.3 Å². The first-order valence-electron chi connectivity index (χ1n) is 3.13.